The molecule has 2 aliphatic heterocycles. The molecule has 2 unspecified atom stereocenters. The first-order valence-corrected chi connectivity index (χ1v) is 7.68. The second kappa shape index (κ2) is 6.39. The lowest BCUT2D eigenvalue weighted by Gasteiger charge is -2.36. The summed E-state index contributed by atoms with van der Waals surface area (Å²) in [6.45, 7) is 3.17. The van der Waals surface area contributed by atoms with E-state index in [2.05, 4.69) is 25.2 Å². The van der Waals surface area contributed by atoms with Gasteiger partial charge in [-0.05, 0) is 50.3 Å². The third-order valence-corrected chi connectivity index (χ3v) is 4.49. The molecule has 1 N–H and O–H groups in total. The summed E-state index contributed by atoms with van der Waals surface area (Å²) in [4.78, 5) is 13.7. The molecule has 0 amide bonds. The van der Waals surface area contributed by atoms with Crippen molar-refractivity contribution in [3.63, 3.8) is 0 Å². The molecular weight excluding hydrogens is 268 g/mol. The molecule has 114 valence electrons. The highest BCUT2D eigenvalue weighted by atomic mass is 16.5. The molecule has 1 aromatic rings. The molecular formula is C15H22N4O2. The highest BCUT2D eigenvalue weighted by molar-refractivity contribution is 5.86. The van der Waals surface area contributed by atoms with E-state index in [0.717, 1.165) is 25.5 Å². The Morgan fingerprint density at radius 1 is 1.33 bits per heavy atom. The van der Waals surface area contributed by atoms with Gasteiger partial charge in [0.15, 0.2) is 11.5 Å². The first kappa shape index (κ1) is 14.3. The van der Waals surface area contributed by atoms with Crippen molar-refractivity contribution in [1.82, 2.24) is 15.5 Å². The van der Waals surface area contributed by atoms with Gasteiger partial charge in [-0.15, -0.1) is 10.2 Å². The van der Waals surface area contributed by atoms with Gasteiger partial charge >= 0.3 is 5.97 Å². The second-order valence-corrected chi connectivity index (χ2v) is 5.82. The van der Waals surface area contributed by atoms with Crippen LogP contribution in [0, 0.1) is 5.92 Å². The van der Waals surface area contributed by atoms with Crippen LogP contribution in [0.1, 0.15) is 36.2 Å². The van der Waals surface area contributed by atoms with Crippen LogP contribution in [0.2, 0.25) is 0 Å². The summed E-state index contributed by atoms with van der Waals surface area (Å²) in [7, 11) is 1.35. The number of hydrogen-bond acceptors (Lipinski definition) is 6. The van der Waals surface area contributed by atoms with Crippen LogP contribution in [0.5, 0.6) is 0 Å². The zero-order valence-corrected chi connectivity index (χ0v) is 12.4. The summed E-state index contributed by atoms with van der Waals surface area (Å²) in [6.07, 6.45) is 5.03. The van der Waals surface area contributed by atoms with Crippen molar-refractivity contribution in [3.8, 4) is 0 Å². The minimum Gasteiger partial charge on any atom is -0.464 e. The van der Waals surface area contributed by atoms with Crippen LogP contribution >= 0.6 is 0 Å². The van der Waals surface area contributed by atoms with E-state index < -0.39 is 5.97 Å². The summed E-state index contributed by atoms with van der Waals surface area (Å²) >= 11 is 0. The number of nitrogens with zero attached hydrogens (tertiary/aromatic N) is 3. The Hall–Kier alpha value is -1.69. The van der Waals surface area contributed by atoms with Gasteiger partial charge in [0.1, 0.15) is 0 Å². The lowest BCUT2D eigenvalue weighted by Crippen LogP contribution is -2.43. The minimum absolute atomic E-state index is 0.257. The van der Waals surface area contributed by atoms with Crippen molar-refractivity contribution in [3.05, 3.63) is 17.8 Å². The quantitative estimate of drug-likeness (QED) is 0.845. The van der Waals surface area contributed by atoms with E-state index in [1.54, 1.807) is 6.07 Å². The van der Waals surface area contributed by atoms with Crippen LogP contribution in [-0.2, 0) is 4.74 Å². The second-order valence-electron chi connectivity index (χ2n) is 5.82. The average molecular weight is 290 g/mol. The zero-order valence-electron chi connectivity index (χ0n) is 12.4. The van der Waals surface area contributed by atoms with Gasteiger partial charge in [-0.2, -0.15) is 0 Å². The maximum absolute atomic E-state index is 11.4. The Balaban J connectivity index is 1.66. The van der Waals surface area contributed by atoms with E-state index in [1.807, 2.05) is 6.07 Å². The summed E-state index contributed by atoms with van der Waals surface area (Å²) < 4.78 is 4.64. The van der Waals surface area contributed by atoms with Gasteiger partial charge in [-0.1, -0.05) is 0 Å². The number of aromatic nitrogens is 2. The van der Waals surface area contributed by atoms with Crippen LogP contribution < -0.4 is 10.2 Å². The molecule has 0 radical (unpaired) electrons. The normalized spacial score (nSPS) is 25.9. The SMILES string of the molecule is COC(=O)c1ccc(N2CCCC(C3CCCN3)C2)nn1. The van der Waals surface area contributed by atoms with Crippen LogP contribution in [0.3, 0.4) is 0 Å². The summed E-state index contributed by atoms with van der Waals surface area (Å²) in [5.74, 6) is 1.09. The maximum Gasteiger partial charge on any atom is 0.358 e. The number of esters is 1. The van der Waals surface area contributed by atoms with Gasteiger partial charge in [-0.3, -0.25) is 0 Å². The van der Waals surface area contributed by atoms with Crippen molar-refractivity contribution in [2.24, 2.45) is 5.92 Å². The largest absolute Gasteiger partial charge is 0.464 e. The van der Waals surface area contributed by atoms with E-state index in [0.29, 0.717) is 12.0 Å². The van der Waals surface area contributed by atoms with Gasteiger partial charge in [-0.25, -0.2) is 4.79 Å². The number of carbonyl (C=O) groups is 1. The van der Waals surface area contributed by atoms with Gasteiger partial charge in [0.05, 0.1) is 7.11 Å². The van der Waals surface area contributed by atoms with E-state index >= 15 is 0 Å². The molecule has 2 fully saturated rings. The lowest BCUT2D eigenvalue weighted by molar-refractivity contribution is 0.0592. The van der Waals surface area contributed by atoms with Crippen molar-refractivity contribution in [1.29, 1.82) is 0 Å². The number of anilines is 1. The Kier molecular flexibility index (Phi) is 4.34. The highest BCUT2D eigenvalue weighted by Gasteiger charge is 2.29. The molecule has 6 nitrogen and oxygen atoms in total. The lowest BCUT2D eigenvalue weighted by atomic mass is 9.90. The highest BCUT2D eigenvalue weighted by Crippen LogP contribution is 2.27. The van der Waals surface area contributed by atoms with E-state index in [-0.39, 0.29) is 5.69 Å². The number of rotatable bonds is 3. The number of piperidine rings is 1. The van der Waals surface area contributed by atoms with E-state index in [1.165, 1.54) is 32.8 Å². The van der Waals surface area contributed by atoms with Crippen LogP contribution in [0.4, 0.5) is 5.82 Å². The number of hydrogen-bond donors (Lipinski definition) is 1. The van der Waals surface area contributed by atoms with Crippen molar-refractivity contribution in [2.75, 3.05) is 31.6 Å². The van der Waals surface area contributed by atoms with E-state index in [4.69, 9.17) is 0 Å². The fourth-order valence-corrected chi connectivity index (χ4v) is 3.37. The molecule has 0 bridgehead atoms. The third-order valence-electron chi connectivity index (χ3n) is 4.49. The first-order chi connectivity index (χ1) is 10.3. The molecule has 2 saturated heterocycles. The van der Waals surface area contributed by atoms with Crippen LogP contribution in [0.25, 0.3) is 0 Å². The monoisotopic (exact) mass is 290 g/mol. The molecule has 1 aromatic heterocycles. The standard InChI is InChI=1S/C15H22N4O2/c1-21-15(20)13-6-7-14(18-17-13)19-9-3-4-11(10-19)12-5-2-8-16-12/h6-7,11-12,16H,2-5,8-10H2,1H3. The third kappa shape index (κ3) is 3.15. The Morgan fingerprint density at radius 2 is 2.24 bits per heavy atom. The van der Waals surface area contributed by atoms with Gasteiger partial charge < -0.3 is 15.0 Å². The molecule has 2 aliphatic rings. The molecule has 3 heterocycles. The number of ether oxygens (including phenoxy) is 1. The van der Waals surface area contributed by atoms with E-state index in [9.17, 15) is 4.79 Å². The van der Waals surface area contributed by atoms with Gasteiger partial charge in [0, 0.05) is 19.1 Å². The maximum atomic E-state index is 11.4. The molecule has 0 saturated carbocycles. The molecule has 0 spiro atoms. The molecule has 6 heteroatoms. The first-order valence-electron chi connectivity index (χ1n) is 7.68. The average Bonchev–Trinajstić information content (AvgIpc) is 3.09. The number of carbonyl (C=O) groups excluding carboxylic acids is 1. The van der Waals surface area contributed by atoms with Crippen LogP contribution in [0.15, 0.2) is 12.1 Å². The number of nitrogens with one attached hydrogen (secondary N) is 1. The fourth-order valence-electron chi connectivity index (χ4n) is 3.37. The molecule has 0 aromatic carbocycles. The predicted octanol–water partition coefficient (Wildman–Crippen LogP) is 1.23. The van der Waals surface area contributed by atoms with Crippen LogP contribution in [-0.4, -0.2) is 49.0 Å². The summed E-state index contributed by atoms with van der Waals surface area (Å²) in [5.41, 5.74) is 0.257. The Labute approximate surface area is 124 Å². The van der Waals surface area contributed by atoms with Gasteiger partial charge in [0.2, 0.25) is 0 Å². The fraction of sp³-hybridized carbons (Fsp3) is 0.667. The van der Waals surface area contributed by atoms with Crippen molar-refractivity contribution in [2.45, 2.75) is 31.7 Å². The molecule has 3 rings (SSSR count). The minimum atomic E-state index is -0.444. The van der Waals surface area contributed by atoms with Crippen molar-refractivity contribution >= 4 is 11.8 Å². The smallest absolute Gasteiger partial charge is 0.358 e. The molecule has 0 aliphatic carbocycles. The summed E-state index contributed by atoms with van der Waals surface area (Å²) in [5, 5.41) is 11.8. The molecule has 2 atom stereocenters. The van der Waals surface area contributed by atoms with Crippen molar-refractivity contribution < 1.29 is 9.53 Å². The predicted molar refractivity (Wildman–Crippen MR) is 79.3 cm³/mol. The zero-order chi connectivity index (χ0) is 14.7. The topological polar surface area (TPSA) is 67.3 Å². The van der Waals surface area contributed by atoms with Gasteiger partial charge in [0.25, 0.3) is 0 Å². The summed E-state index contributed by atoms with van der Waals surface area (Å²) in [6, 6.07) is 4.20. The number of methoxy groups -OCH3 is 1. The Bertz CT molecular complexity index is 485. The Morgan fingerprint density at radius 3 is 2.90 bits per heavy atom. The molecule has 21 heavy (non-hydrogen) atoms.